The molecule has 0 bridgehead atoms. The van der Waals surface area contributed by atoms with Crippen molar-refractivity contribution in [3.8, 4) is 5.75 Å². The summed E-state index contributed by atoms with van der Waals surface area (Å²) in [6.45, 7) is 7.82. The van der Waals surface area contributed by atoms with Crippen LogP contribution < -0.4 is 15.4 Å². The van der Waals surface area contributed by atoms with Gasteiger partial charge in [-0.05, 0) is 51.5 Å². The summed E-state index contributed by atoms with van der Waals surface area (Å²) < 4.78 is 11.8. The quantitative estimate of drug-likeness (QED) is 0.551. The van der Waals surface area contributed by atoms with Crippen LogP contribution in [-0.4, -0.2) is 35.2 Å². The van der Waals surface area contributed by atoms with Gasteiger partial charge in [0.1, 0.15) is 17.4 Å². The Morgan fingerprint density at radius 3 is 2.55 bits per heavy atom. The number of anilines is 1. The Morgan fingerprint density at radius 1 is 1.13 bits per heavy atom. The lowest BCUT2D eigenvalue weighted by Crippen LogP contribution is -2.47. The minimum absolute atomic E-state index is 0.325. The molecule has 0 aliphatic carbocycles. The molecule has 2 aromatic carbocycles. The minimum atomic E-state index is -0.816. The number of benzene rings is 2. The van der Waals surface area contributed by atoms with Crippen LogP contribution >= 0.6 is 11.3 Å². The summed E-state index contributed by atoms with van der Waals surface area (Å²) >= 11 is 1.35. The van der Waals surface area contributed by atoms with Gasteiger partial charge < -0.3 is 20.1 Å². The van der Waals surface area contributed by atoms with Crippen molar-refractivity contribution in [2.45, 2.75) is 45.8 Å². The number of fused-ring (bicyclic) bond motifs is 1. The second-order valence-electron chi connectivity index (χ2n) is 7.96. The van der Waals surface area contributed by atoms with Gasteiger partial charge in [-0.1, -0.05) is 41.7 Å². The van der Waals surface area contributed by atoms with Crippen LogP contribution in [0.5, 0.6) is 5.75 Å². The molecule has 2 amide bonds. The number of hydrogen-bond donors (Lipinski definition) is 2. The number of thiazole rings is 1. The van der Waals surface area contributed by atoms with Crippen LogP contribution in [0.3, 0.4) is 0 Å². The number of nitrogens with one attached hydrogen (secondary N) is 2. The average molecular weight is 442 g/mol. The Hall–Kier alpha value is -3.13. The highest BCUT2D eigenvalue weighted by Crippen LogP contribution is 2.29. The number of nitrogens with zero attached hydrogens (tertiary/aromatic N) is 1. The summed E-state index contributed by atoms with van der Waals surface area (Å²) in [5.74, 6) is 0.392. The fourth-order valence-corrected chi connectivity index (χ4v) is 3.81. The Morgan fingerprint density at radius 2 is 1.87 bits per heavy atom. The van der Waals surface area contributed by atoms with Gasteiger partial charge in [0.25, 0.3) is 0 Å². The van der Waals surface area contributed by atoms with Crippen LogP contribution in [0.2, 0.25) is 0 Å². The molecule has 31 heavy (non-hydrogen) atoms. The average Bonchev–Trinajstić information content (AvgIpc) is 3.08. The molecule has 0 saturated carbocycles. The smallest absolute Gasteiger partial charge is 0.408 e. The van der Waals surface area contributed by atoms with Gasteiger partial charge >= 0.3 is 6.09 Å². The largest absolute Gasteiger partial charge is 0.494 e. The molecule has 8 heteroatoms. The molecule has 2 N–H and O–H groups in total. The van der Waals surface area contributed by atoms with Gasteiger partial charge in [0.05, 0.1) is 16.8 Å². The molecule has 1 atom stereocenters. The van der Waals surface area contributed by atoms with Crippen molar-refractivity contribution in [1.82, 2.24) is 10.3 Å². The zero-order valence-electron chi connectivity index (χ0n) is 18.1. The van der Waals surface area contributed by atoms with E-state index in [-0.39, 0.29) is 5.91 Å². The summed E-state index contributed by atoms with van der Waals surface area (Å²) in [4.78, 5) is 29.8. The Balaban J connectivity index is 1.76. The monoisotopic (exact) mass is 441 g/mol. The lowest BCUT2D eigenvalue weighted by molar-refractivity contribution is -0.118. The van der Waals surface area contributed by atoms with Crippen LogP contribution in [0, 0.1) is 0 Å². The maximum atomic E-state index is 13.0. The normalized spacial score (nSPS) is 12.3. The van der Waals surface area contributed by atoms with Gasteiger partial charge in [-0.25, -0.2) is 9.78 Å². The highest BCUT2D eigenvalue weighted by atomic mass is 32.1. The van der Waals surface area contributed by atoms with Crippen molar-refractivity contribution < 1.29 is 19.1 Å². The van der Waals surface area contributed by atoms with E-state index in [1.807, 2.05) is 55.5 Å². The van der Waals surface area contributed by atoms with E-state index < -0.39 is 17.7 Å². The molecule has 1 aromatic heterocycles. The van der Waals surface area contributed by atoms with Crippen molar-refractivity contribution in [3.63, 3.8) is 0 Å². The number of alkyl carbamates (subject to hydrolysis) is 1. The first kappa shape index (κ1) is 22.6. The van der Waals surface area contributed by atoms with Gasteiger partial charge in [-0.3, -0.25) is 4.79 Å². The molecule has 0 radical (unpaired) electrons. The summed E-state index contributed by atoms with van der Waals surface area (Å²) in [6.07, 6.45) is -0.320. The number of ether oxygens (including phenoxy) is 2. The van der Waals surface area contributed by atoms with E-state index >= 15 is 0 Å². The third kappa shape index (κ3) is 6.68. The first-order valence-electron chi connectivity index (χ1n) is 10.1. The highest BCUT2D eigenvalue weighted by Gasteiger charge is 2.25. The predicted octanol–water partition coefficient (Wildman–Crippen LogP) is 4.77. The number of aromatic nitrogens is 1. The number of carbonyl (C=O) groups excluding carboxylic acids is 2. The third-order valence-corrected chi connectivity index (χ3v) is 5.12. The number of hydrogen-bond acceptors (Lipinski definition) is 6. The van der Waals surface area contributed by atoms with E-state index in [1.54, 1.807) is 20.8 Å². The summed E-state index contributed by atoms with van der Waals surface area (Å²) in [6, 6.07) is 14.3. The fourth-order valence-electron chi connectivity index (χ4n) is 2.92. The summed E-state index contributed by atoms with van der Waals surface area (Å²) in [5.41, 5.74) is 1.02. The molecule has 0 spiro atoms. The van der Waals surface area contributed by atoms with Gasteiger partial charge in [-0.15, -0.1) is 0 Å². The van der Waals surface area contributed by atoms with Crippen molar-refractivity contribution >= 4 is 38.7 Å². The van der Waals surface area contributed by atoms with Crippen molar-refractivity contribution in [3.05, 3.63) is 54.1 Å². The lowest BCUT2D eigenvalue weighted by Gasteiger charge is -2.23. The molecule has 0 aliphatic heterocycles. The predicted molar refractivity (Wildman–Crippen MR) is 123 cm³/mol. The van der Waals surface area contributed by atoms with Gasteiger partial charge in [0.15, 0.2) is 5.13 Å². The van der Waals surface area contributed by atoms with Crippen LogP contribution in [0.25, 0.3) is 10.2 Å². The van der Waals surface area contributed by atoms with Crippen LogP contribution in [0.4, 0.5) is 9.93 Å². The molecule has 164 valence electrons. The third-order valence-electron chi connectivity index (χ3n) is 4.19. The van der Waals surface area contributed by atoms with E-state index in [0.717, 1.165) is 21.5 Å². The standard InChI is InChI=1S/C23H27N3O4S/c1-5-29-16-11-12-17-19(14-16)31-21(24-17)26-20(27)18(13-15-9-7-6-8-10-15)25-22(28)30-23(2,3)4/h6-12,14,18H,5,13H2,1-4H3,(H,25,28)(H,24,26,27). The maximum Gasteiger partial charge on any atom is 0.408 e. The first-order chi connectivity index (χ1) is 14.7. The number of rotatable bonds is 7. The van der Waals surface area contributed by atoms with E-state index in [4.69, 9.17) is 9.47 Å². The Labute approximate surface area is 185 Å². The molecule has 3 rings (SSSR count). The molecular formula is C23H27N3O4S. The van der Waals surface area contributed by atoms with E-state index in [0.29, 0.717) is 18.2 Å². The molecule has 7 nitrogen and oxygen atoms in total. The topological polar surface area (TPSA) is 89.5 Å². The fraction of sp³-hybridized carbons (Fsp3) is 0.348. The van der Waals surface area contributed by atoms with Crippen LogP contribution in [0.15, 0.2) is 48.5 Å². The lowest BCUT2D eigenvalue weighted by atomic mass is 10.1. The van der Waals surface area contributed by atoms with Crippen LogP contribution in [0.1, 0.15) is 33.3 Å². The summed E-state index contributed by atoms with van der Waals surface area (Å²) in [7, 11) is 0. The second kappa shape index (κ2) is 9.78. The first-order valence-corrected chi connectivity index (χ1v) is 10.9. The number of carbonyl (C=O) groups is 2. The highest BCUT2D eigenvalue weighted by molar-refractivity contribution is 7.22. The zero-order chi connectivity index (χ0) is 22.4. The maximum absolute atomic E-state index is 13.0. The molecular weight excluding hydrogens is 414 g/mol. The summed E-state index contributed by atoms with van der Waals surface area (Å²) in [5, 5.41) is 5.97. The van der Waals surface area contributed by atoms with Crippen molar-refractivity contribution in [2.75, 3.05) is 11.9 Å². The van der Waals surface area contributed by atoms with Gasteiger partial charge in [0.2, 0.25) is 5.91 Å². The molecule has 0 fully saturated rings. The molecule has 1 unspecified atom stereocenters. The van der Waals surface area contributed by atoms with Crippen molar-refractivity contribution in [1.29, 1.82) is 0 Å². The molecule has 1 heterocycles. The molecule has 0 saturated heterocycles. The molecule has 3 aromatic rings. The van der Waals surface area contributed by atoms with E-state index in [9.17, 15) is 9.59 Å². The van der Waals surface area contributed by atoms with Crippen molar-refractivity contribution in [2.24, 2.45) is 0 Å². The Bertz CT molecular complexity index is 1040. The van der Waals surface area contributed by atoms with Gasteiger partial charge in [0, 0.05) is 6.42 Å². The van der Waals surface area contributed by atoms with E-state index in [1.165, 1.54) is 11.3 Å². The molecule has 0 aliphatic rings. The zero-order valence-corrected chi connectivity index (χ0v) is 18.9. The SMILES string of the molecule is CCOc1ccc2nc(NC(=O)C(Cc3ccccc3)NC(=O)OC(C)(C)C)sc2c1. The number of amides is 2. The van der Waals surface area contributed by atoms with Gasteiger partial charge in [-0.2, -0.15) is 0 Å². The van der Waals surface area contributed by atoms with Crippen LogP contribution in [-0.2, 0) is 16.0 Å². The minimum Gasteiger partial charge on any atom is -0.494 e. The second-order valence-corrected chi connectivity index (χ2v) is 8.99. The Kier molecular flexibility index (Phi) is 7.12. The van der Waals surface area contributed by atoms with E-state index in [2.05, 4.69) is 15.6 Å².